The van der Waals surface area contributed by atoms with Gasteiger partial charge in [-0.15, -0.1) is 5.10 Å². The van der Waals surface area contributed by atoms with Crippen LogP contribution in [-0.2, 0) is 0 Å². The number of benzene rings is 2. The van der Waals surface area contributed by atoms with Crippen LogP contribution in [0.3, 0.4) is 0 Å². The molecule has 1 atom stereocenters. The smallest absolute Gasteiger partial charge is 0.230 e. The fourth-order valence-corrected chi connectivity index (χ4v) is 5.62. The van der Waals surface area contributed by atoms with Gasteiger partial charge in [-0.2, -0.15) is 4.52 Å². The minimum absolute atomic E-state index is 0.125. The number of fused-ring (bicyclic) bond motifs is 1. The fraction of sp³-hybridized carbons (Fsp3) is 0.304. The van der Waals surface area contributed by atoms with Crippen molar-refractivity contribution in [1.82, 2.24) is 19.5 Å². The predicted molar refractivity (Wildman–Crippen MR) is 127 cm³/mol. The van der Waals surface area contributed by atoms with Gasteiger partial charge >= 0.3 is 0 Å². The molecular weight excluding hydrogens is 446 g/mol. The van der Waals surface area contributed by atoms with Gasteiger partial charge in [-0.25, -0.2) is 4.98 Å². The molecule has 0 bridgehead atoms. The molecule has 0 amide bonds. The molecule has 1 unspecified atom stereocenters. The number of aryl methyl sites for hydroxylation is 1. The lowest BCUT2D eigenvalue weighted by molar-refractivity contribution is 0.211. The lowest BCUT2D eigenvalue weighted by Crippen LogP contribution is -2.47. The average Bonchev–Trinajstić information content (AvgIpc) is 3.31. The highest BCUT2D eigenvalue weighted by Crippen LogP contribution is 2.41. The van der Waals surface area contributed by atoms with Crippen LogP contribution in [0.15, 0.2) is 48.5 Å². The van der Waals surface area contributed by atoms with Crippen LogP contribution >= 0.6 is 22.9 Å². The summed E-state index contributed by atoms with van der Waals surface area (Å²) in [6.45, 7) is 5.27. The van der Waals surface area contributed by atoms with Gasteiger partial charge in [0.25, 0.3) is 0 Å². The van der Waals surface area contributed by atoms with Crippen molar-refractivity contribution in [3.8, 4) is 11.6 Å². The van der Waals surface area contributed by atoms with Crippen LogP contribution in [0.5, 0.6) is 11.6 Å². The number of halogens is 1. The highest BCUT2D eigenvalue weighted by molar-refractivity contribution is 7.17. The Labute approximate surface area is 195 Å². The Kier molecular flexibility index (Phi) is 5.67. The summed E-state index contributed by atoms with van der Waals surface area (Å²) in [7, 11) is 1.68. The second-order valence-electron chi connectivity index (χ2n) is 7.82. The van der Waals surface area contributed by atoms with Crippen LogP contribution in [0.4, 0.5) is 5.69 Å². The van der Waals surface area contributed by atoms with Gasteiger partial charge in [0.2, 0.25) is 10.8 Å². The normalized spacial score (nSPS) is 15.9. The monoisotopic (exact) mass is 469 g/mol. The molecule has 2 aromatic heterocycles. The van der Waals surface area contributed by atoms with Crippen molar-refractivity contribution in [2.45, 2.75) is 13.0 Å². The van der Waals surface area contributed by atoms with E-state index in [0.29, 0.717) is 15.8 Å². The summed E-state index contributed by atoms with van der Waals surface area (Å²) < 4.78 is 6.81. The van der Waals surface area contributed by atoms with Gasteiger partial charge in [0.15, 0.2) is 0 Å². The molecule has 1 saturated heterocycles. The molecule has 1 aliphatic rings. The van der Waals surface area contributed by atoms with Gasteiger partial charge in [-0.3, -0.25) is 4.90 Å². The summed E-state index contributed by atoms with van der Waals surface area (Å²) in [6, 6.07) is 15.9. The first-order valence-corrected chi connectivity index (χ1v) is 11.7. The molecular formula is C23H24ClN5O2S. The van der Waals surface area contributed by atoms with Gasteiger partial charge in [-0.05, 0) is 48.9 Å². The molecule has 166 valence electrons. The van der Waals surface area contributed by atoms with Crippen LogP contribution in [0.25, 0.3) is 4.96 Å². The van der Waals surface area contributed by atoms with E-state index in [1.165, 1.54) is 21.5 Å². The van der Waals surface area contributed by atoms with E-state index in [0.717, 1.165) is 42.4 Å². The van der Waals surface area contributed by atoms with Crippen molar-refractivity contribution >= 4 is 33.6 Å². The molecule has 0 spiro atoms. The van der Waals surface area contributed by atoms with Gasteiger partial charge in [0.05, 0.1) is 18.0 Å². The maximum Gasteiger partial charge on any atom is 0.230 e. The summed E-state index contributed by atoms with van der Waals surface area (Å²) in [5.74, 6) is 1.65. The summed E-state index contributed by atoms with van der Waals surface area (Å²) >= 11 is 7.81. The molecule has 3 heterocycles. The number of nitrogens with zero attached hydrogens (tertiary/aromatic N) is 5. The Morgan fingerprint density at radius 1 is 1.09 bits per heavy atom. The number of anilines is 1. The first-order valence-electron chi connectivity index (χ1n) is 10.5. The van der Waals surface area contributed by atoms with Crippen molar-refractivity contribution < 1.29 is 9.84 Å². The first-order chi connectivity index (χ1) is 15.5. The van der Waals surface area contributed by atoms with Gasteiger partial charge in [0, 0.05) is 36.9 Å². The zero-order valence-corrected chi connectivity index (χ0v) is 19.5. The summed E-state index contributed by atoms with van der Waals surface area (Å²) in [4.78, 5) is 10.7. The minimum Gasteiger partial charge on any atom is -0.497 e. The van der Waals surface area contributed by atoms with Crippen LogP contribution in [-0.4, -0.2) is 57.9 Å². The molecule has 2 aromatic carbocycles. The molecule has 1 aliphatic heterocycles. The number of hydrogen-bond donors (Lipinski definition) is 1. The van der Waals surface area contributed by atoms with E-state index in [4.69, 9.17) is 16.3 Å². The SMILES string of the molecule is COc1ccc(N2CCN(C(c3cccc(Cl)c3)c3sc4nc(C)nn4c3O)CC2)cc1. The standard InChI is InChI=1S/C23H24ClN5O2S/c1-15-25-23-29(26-15)22(30)21(32-23)20(16-4-3-5-17(24)14-16)28-12-10-27(11-13-28)18-6-8-19(31-2)9-7-18/h3-9,14,20,30H,10-13H2,1-2H3. The predicted octanol–water partition coefficient (Wildman–Crippen LogP) is 4.38. The summed E-state index contributed by atoms with van der Waals surface area (Å²) in [5, 5.41) is 16.0. The Bertz CT molecular complexity index is 1230. The van der Waals surface area contributed by atoms with E-state index < -0.39 is 0 Å². The van der Waals surface area contributed by atoms with Gasteiger partial charge < -0.3 is 14.7 Å². The highest BCUT2D eigenvalue weighted by atomic mass is 35.5. The number of aromatic nitrogens is 3. The lowest BCUT2D eigenvalue weighted by Gasteiger charge is -2.40. The lowest BCUT2D eigenvalue weighted by atomic mass is 10.0. The molecule has 1 N–H and O–H groups in total. The third-order valence-electron chi connectivity index (χ3n) is 5.84. The van der Waals surface area contributed by atoms with Crippen LogP contribution in [0.2, 0.25) is 5.02 Å². The number of hydrogen-bond acceptors (Lipinski definition) is 7. The number of thiazole rings is 1. The van der Waals surface area contributed by atoms with Crippen molar-refractivity contribution in [2.24, 2.45) is 0 Å². The van der Waals surface area contributed by atoms with E-state index in [1.807, 2.05) is 37.3 Å². The highest BCUT2D eigenvalue weighted by Gasteiger charge is 2.32. The zero-order valence-electron chi connectivity index (χ0n) is 17.9. The molecule has 0 radical (unpaired) electrons. The summed E-state index contributed by atoms with van der Waals surface area (Å²) in [5.41, 5.74) is 2.23. The Morgan fingerprint density at radius 2 is 1.84 bits per heavy atom. The molecule has 0 aliphatic carbocycles. The Hall–Kier alpha value is -2.81. The van der Waals surface area contributed by atoms with Crippen LogP contribution < -0.4 is 9.64 Å². The molecule has 0 saturated carbocycles. The molecule has 9 heteroatoms. The average molecular weight is 470 g/mol. The topological polar surface area (TPSA) is 66.1 Å². The molecule has 7 nitrogen and oxygen atoms in total. The quantitative estimate of drug-likeness (QED) is 0.468. The van der Waals surface area contributed by atoms with Gasteiger partial charge in [0.1, 0.15) is 11.6 Å². The van der Waals surface area contributed by atoms with Crippen LogP contribution in [0, 0.1) is 6.92 Å². The van der Waals surface area contributed by atoms with E-state index in [2.05, 4.69) is 38.1 Å². The molecule has 4 aromatic rings. The first kappa shape index (κ1) is 21.1. The Balaban J connectivity index is 1.44. The fourth-order valence-electron chi connectivity index (χ4n) is 4.26. The van der Waals surface area contributed by atoms with Gasteiger partial charge in [-0.1, -0.05) is 35.1 Å². The molecule has 5 rings (SSSR count). The van der Waals surface area contributed by atoms with Crippen molar-refractivity contribution in [3.63, 3.8) is 0 Å². The third-order valence-corrected chi connectivity index (χ3v) is 7.14. The van der Waals surface area contributed by atoms with E-state index in [1.54, 1.807) is 7.11 Å². The number of aromatic hydroxyl groups is 1. The largest absolute Gasteiger partial charge is 0.497 e. The molecule has 32 heavy (non-hydrogen) atoms. The van der Waals surface area contributed by atoms with Crippen molar-refractivity contribution in [1.29, 1.82) is 0 Å². The van der Waals surface area contributed by atoms with E-state index in [9.17, 15) is 5.11 Å². The summed E-state index contributed by atoms with van der Waals surface area (Å²) in [6.07, 6.45) is 0. The van der Waals surface area contributed by atoms with Crippen molar-refractivity contribution in [3.05, 3.63) is 69.8 Å². The molecule has 1 fully saturated rings. The van der Waals surface area contributed by atoms with E-state index in [-0.39, 0.29) is 11.9 Å². The Morgan fingerprint density at radius 3 is 2.50 bits per heavy atom. The number of rotatable bonds is 5. The second kappa shape index (κ2) is 8.61. The third kappa shape index (κ3) is 3.90. The minimum atomic E-state index is -0.125. The number of piperazine rings is 1. The van der Waals surface area contributed by atoms with Crippen molar-refractivity contribution in [2.75, 3.05) is 38.2 Å². The van der Waals surface area contributed by atoms with Crippen LogP contribution in [0.1, 0.15) is 22.3 Å². The number of ether oxygens (including phenoxy) is 1. The second-order valence-corrected chi connectivity index (χ2v) is 9.27. The maximum atomic E-state index is 11.0. The number of methoxy groups -OCH3 is 1. The van der Waals surface area contributed by atoms with E-state index >= 15 is 0 Å². The maximum absolute atomic E-state index is 11.0. The zero-order chi connectivity index (χ0) is 22.2.